The van der Waals surface area contributed by atoms with E-state index in [1.807, 2.05) is 12.1 Å². The van der Waals surface area contributed by atoms with Crippen molar-refractivity contribution >= 4 is 40.0 Å². The van der Waals surface area contributed by atoms with Gasteiger partial charge in [0, 0.05) is 46.8 Å². The van der Waals surface area contributed by atoms with Crippen LogP contribution in [0.15, 0.2) is 34.2 Å². The Labute approximate surface area is 187 Å². The highest BCUT2D eigenvalue weighted by molar-refractivity contribution is 14.0. The van der Waals surface area contributed by atoms with Crippen LogP contribution in [0, 0.1) is 0 Å². The third kappa shape index (κ3) is 7.16. The van der Waals surface area contributed by atoms with E-state index in [9.17, 15) is 8.42 Å². The lowest BCUT2D eigenvalue weighted by Crippen LogP contribution is -2.48. The van der Waals surface area contributed by atoms with E-state index >= 15 is 0 Å². The third-order valence-corrected chi connectivity index (χ3v) is 6.68. The van der Waals surface area contributed by atoms with Crippen molar-refractivity contribution in [2.75, 3.05) is 40.8 Å². The molecule has 0 bridgehead atoms. The van der Waals surface area contributed by atoms with E-state index in [-0.39, 0.29) is 24.0 Å². The molecule has 1 fully saturated rings. The number of halogens is 1. The second kappa shape index (κ2) is 11.9. The molecule has 1 saturated heterocycles. The molecule has 0 atom stereocenters. The minimum atomic E-state index is -3.38. The van der Waals surface area contributed by atoms with Crippen LogP contribution in [0.5, 0.6) is 0 Å². The Hall–Kier alpha value is -0.910. The molecule has 0 radical (unpaired) electrons. The average Bonchev–Trinajstić information content (AvgIpc) is 2.67. The predicted molar refractivity (Wildman–Crippen MR) is 126 cm³/mol. The first-order chi connectivity index (χ1) is 12.9. The Kier molecular flexibility index (Phi) is 10.7. The van der Waals surface area contributed by atoms with E-state index in [0.717, 1.165) is 37.5 Å². The third-order valence-electron chi connectivity index (χ3n) is 4.85. The molecule has 2 rings (SSSR count). The van der Waals surface area contributed by atoms with Gasteiger partial charge in [-0.3, -0.25) is 4.99 Å². The number of hydrogen-bond acceptors (Lipinski definition) is 4. The number of hydrogen-bond donors (Lipinski definition) is 2. The molecule has 1 aliphatic heterocycles. The minimum Gasteiger partial charge on any atom is -0.354 e. The highest BCUT2D eigenvalue weighted by Gasteiger charge is 2.19. The molecule has 0 aromatic heterocycles. The van der Waals surface area contributed by atoms with Crippen LogP contribution in [0.3, 0.4) is 0 Å². The maximum atomic E-state index is 12.1. The number of nitrogens with zero attached hydrogens (tertiary/aromatic N) is 3. The molecule has 1 heterocycles. The lowest BCUT2D eigenvalue weighted by Gasteiger charge is -2.32. The molecular weight excluding hydrogens is 489 g/mol. The van der Waals surface area contributed by atoms with E-state index in [4.69, 9.17) is 0 Å². The molecule has 2 N–H and O–H groups in total. The van der Waals surface area contributed by atoms with Crippen molar-refractivity contribution in [2.45, 2.75) is 43.7 Å². The highest BCUT2D eigenvalue weighted by atomic mass is 127. The topological polar surface area (TPSA) is 77.0 Å². The summed E-state index contributed by atoms with van der Waals surface area (Å²) in [5.74, 6) is 0.786. The second-order valence-corrected chi connectivity index (χ2v) is 9.27. The summed E-state index contributed by atoms with van der Waals surface area (Å²) in [6, 6.07) is 7.40. The molecule has 9 heteroatoms. The number of piperidine rings is 1. The van der Waals surface area contributed by atoms with Gasteiger partial charge < -0.3 is 15.5 Å². The van der Waals surface area contributed by atoms with Gasteiger partial charge in [-0.25, -0.2) is 12.7 Å². The van der Waals surface area contributed by atoms with Crippen molar-refractivity contribution in [3.05, 3.63) is 29.8 Å². The van der Waals surface area contributed by atoms with Gasteiger partial charge in [0.15, 0.2) is 5.96 Å². The van der Waals surface area contributed by atoms with Gasteiger partial charge in [-0.2, -0.15) is 0 Å². The molecule has 160 valence electrons. The molecule has 0 amide bonds. The van der Waals surface area contributed by atoms with Crippen molar-refractivity contribution in [1.82, 2.24) is 19.8 Å². The van der Waals surface area contributed by atoms with E-state index in [1.165, 1.54) is 31.4 Å². The molecule has 1 aromatic carbocycles. The number of guanidine groups is 1. The van der Waals surface area contributed by atoms with Crippen LogP contribution in [0.25, 0.3) is 0 Å². The van der Waals surface area contributed by atoms with Crippen molar-refractivity contribution in [3.8, 4) is 0 Å². The lowest BCUT2D eigenvalue weighted by atomic mass is 10.1. The van der Waals surface area contributed by atoms with E-state index < -0.39 is 10.0 Å². The molecule has 0 unspecified atom stereocenters. The standard InChI is InChI=1S/C19H33N5O2S.HI/c1-5-12-24-13-10-17(11-14-24)22-19(20-2)21-15-16-6-8-18(9-7-16)27(25,26)23(3)4;/h6-9,17H,5,10-15H2,1-4H3,(H2,20,21,22);1H. The Bertz CT molecular complexity index is 714. The summed E-state index contributed by atoms with van der Waals surface area (Å²) in [5.41, 5.74) is 1.01. The summed E-state index contributed by atoms with van der Waals surface area (Å²) in [6.45, 7) is 6.25. The van der Waals surface area contributed by atoms with Gasteiger partial charge in [-0.15, -0.1) is 24.0 Å². The molecule has 0 spiro atoms. The quantitative estimate of drug-likeness (QED) is 0.325. The van der Waals surface area contributed by atoms with Gasteiger partial charge in [0.2, 0.25) is 10.0 Å². The van der Waals surface area contributed by atoms with Crippen molar-refractivity contribution in [2.24, 2.45) is 4.99 Å². The molecule has 0 saturated carbocycles. The average molecular weight is 523 g/mol. The van der Waals surface area contributed by atoms with E-state index in [2.05, 4.69) is 27.4 Å². The van der Waals surface area contributed by atoms with Crippen molar-refractivity contribution in [1.29, 1.82) is 0 Å². The Balaban J connectivity index is 0.00000392. The fourth-order valence-electron chi connectivity index (χ4n) is 3.18. The molecule has 1 aromatic rings. The Morgan fingerprint density at radius 1 is 1.21 bits per heavy atom. The second-order valence-electron chi connectivity index (χ2n) is 7.12. The van der Waals surface area contributed by atoms with Crippen LogP contribution in [-0.2, 0) is 16.6 Å². The van der Waals surface area contributed by atoms with Crippen LogP contribution in [0.4, 0.5) is 0 Å². The molecule has 1 aliphatic rings. The van der Waals surface area contributed by atoms with Crippen LogP contribution >= 0.6 is 24.0 Å². The monoisotopic (exact) mass is 523 g/mol. The number of sulfonamides is 1. The summed E-state index contributed by atoms with van der Waals surface area (Å²) >= 11 is 0. The van der Waals surface area contributed by atoms with Crippen LogP contribution in [0.2, 0.25) is 0 Å². The predicted octanol–water partition coefficient (Wildman–Crippen LogP) is 2.09. The van der Waals surface area contributed by atoms with E-state index in [1.54, 1.807) is 19.2 Å². The maximum absolute atomic E-state index is 12.1. The molecular formula is C19H34IN5O2S. The fourth-order valence-corrected chi connectivity index (χ4v) is 4.08. The minimum absolute atomic E-state index is 0. The molecule has 0 aliphatic carbocycles. The Morgan fingerprint density at radius 3 is 2.32 bits per heavy atom. The lowest BCUT2D eigenvalue weighted by molar-refractivity contribution is 0.206. The zero-order valence-electron chi connectivity index (χ0n) is 17.3. The van der Waals surface area contributed by atoms with Crippen molar-refractivity contribution in [3.63, 3.8) is 0 Å². The number of rotatable bonds is 7. The SMILES string of the molecule is CCCN1CCC(NC(=NC)NCc2ccc(S(=O)(=O)N(C)C)cc2)CC1.I. The van der Waals surface area contributed by atoms with Gasteiger partial charge in [0.1, 0.15) is 0 Å². The largest absolute Gasteiger partial charge is 0.354 e. The number of nitrogens with one attached hydrogen (secondary N) is 2. The summed E-state index contributed by atoms with van der Waals surface area (Å²) in [6.07, 6.45) is 3.45. The first-order valence-corrected chi connectivity index (χ1v) is 11.0. The molecule has 7 nitrogen and oxygen atoms in total. The van der Waals surface area contributed by atoms with Crippen molar-refractivity contribution < 1.29 is 8.42 Å². The van der Waals surface area contributed by atoms with Crippen LogP contribution in [0.1, 0.15) is 31.7 Å². The highest BCUT2D eigenvalue weighted by Crippen LogP contribution is 2.14. The summed E-state index contributed by atoms with van der Waals surface area (Å²) in [4.78, 5) is 7.13. The Morgan fingerprint density at radius 2 is 1.82 bits per heavy atom. The normalized spacial score (nSPS) is 16.7. The summed E-state index contributed by atoms with van der Waals surface area (Å²) in [5, 5.41) is 6.81. The zero-order chi connectivity index (χ0) is 19.9. The maximum Gasteiger partial charge on any atom is 0.242 e. The van der Waals surface area contributed by atoms with Gasteiger partial charge in [-0.1, -0.05) is 19.1 Å². The summed E-state index contributed by atoms with van der Waals surface area (Å²) < 4.78 is 25.5. The first-order valence-electron chi connectivity index (χ1n) is 9.57. The smallest absolute Gasteiger partial charge is 0.242 e. The van der Waals surface area contributed by atoms with Crippen LogP contribution in [-0.4, -0.2) is 70.4 Å². The molecule has 28 heavy (non-hydrogen) atoms. The zero-order valence-corrected chi connectivity index (χ0v) is 20.5. The number of benzene rings is 1. The number of likely N-dealkylation sites (tertiary alicyclic amines) is 1. The van der Waals surface area contributed by atoms with E-state index in [0.29, 0.717) is 17.5 Å². The van der Waals surface area contributed by atoms with Gasteiger partial charge in [0.05, 0.1) is 4.90 Å². The first kappa shape index (κ1) is 25.1. The van der Waals surface area contributed by atoms with Crippen LogP contribution < -0.4 is 10.6 Å². The van der Waals surface area contributed by atoms with Gasteiger partial charge >= 0.3 is 0 Å². The van der Waals surface area contributed by atoms with Gasteiger partial charge in [0.25, 0.3) is 0 Å². The summed E-state index contributed by atoms with van der Waals surface area (Å²) in [7, 11) is 1.46. The van der Waals surface area contributed by atoms with Gasteiger partial charge in [-0.05, 0) is 43.5 Å². The fraction of sp³-hybridized carbons (Fsp3) is 0.632. The number of aliphatic imine (C=N–C) groups is 1.